The maximum absolute atomic E-state index is 6.32. The summed E-state index contributed by atoms with van der Waals surface area (Å²) in [7, 11) is 0. The van der Waals surface area contributed by atoms with E-state index >= 15 is 0 Å². The van der Waals surface area contributed by atoms with Crippen LogP contribution in [0.2, 0.25) is 0 Å². The summed E-state index contributed by atoms with van der Waals surface area (Å²) in [5.41, 5.74) is 8.87. The highest BCUT2D eigenvalue weighted by molar-refractivity contribution is 6.14. The van der Waals surface area contributed by atoms with Gasteiger partial charge in [-0.1, -0.05) is 121 Å². The topological polar surface area (TPSA) is 77.8 Å². The Morgan fingerprint density at radius 2 is 0.889 bits per heavy atom. The van der Waals surface area contributed by atoms with Crippen molar-refractivity contribution in [1.82, 2.24) is 19.9 Å². The molecule has 0 saturated carbocycles. The molecule has 0 aliphatic rings. The second-order valence-corrected chi connectivity index (χ2v) is 13.5. The molecule has 0 atom stereocenters. The van der Waals surface area contributed by atoms with Crippen LogP contribution in [0.25, 0.3) is 111 Å². The van der Waals surface area contributed by atoms with Crippen molar-refractivity contribution < 1.29 is 8.83 Å². The van der Waals surface area contributed by atoms with Gasteiger partial charge in [0.2, 0.25) is 5.89 Å². The Morgan fingerprint density at radius 1 is 0.315 bits per heavy atom. The Morgan fingerprint density at radius 3 is 1.65 bits per heavy atom. The van der Waals surface area contributed by atoms with Crippen LogP contribution in [0.3, 0.4) is 0 Å². The highest BCUT2D eigenvalue weighted by Crippen LogP contribution is 2.38. The van der Waals surface area contributed by atoms with Crippen molar-refractivity contribution in [3.05, 3.63) is 170 Å². The van der Waals surface area contributed by atoms with Gasteiger partial charge in [0.25, 0.3) is 0 Å². The molecule has 6 nitrogen and oxygen atoms in total. The van der Waals surface area contributed by atoms with Crippen molar-refractivity contribution in [2.75, 3.05) is 0 Å². The Labute approximate surface area is 309 Å². The van der Waals surface area contributed by atoms with Gasteiger partial charge in [-0.25, -0.2) is 19.9 Å². The minimum atomic E-state index is 0.576. The quantitative estimate of drug-likeness (QED) is 0.167. The van der Waals surface area contributed by atoms with Crippen molar-refractivity contribution in [2.24, 2.45) is 0 Å². The van der Waals surface area contributed by atoms with Crippen molar-refractivity contribution in [2.45, 2.75) is 0 Å². The molecule has 6 heteroatoms. The first kappa shape index (κ1) is 30.2. The highest BCUT2D eigenvalue weighted by atomic mass is 16.4. The molecule has 54 heavy (non-hydrogen) atoms. The Balaban J connectivity index is 1.02. The summed E-state index contributed by atoms with van der Waals surface area (Å²) in [6.45, 7) is 0. The lowest BCUT2D eigenvalue weighted by molar-refractivity contribution is 0.620. The number of rotatable bonds is 5. The van der Waals surface area contributed by atoms with E-state index in [1.165, 1.54) is 27.1 Å². The van der Waals surface area contributed by atoms with Gasteiger partial charge in [0.15, 0.2) is 23.1 Å². The maximum atomic E-state index is 6.32. The molecule has 0 spiro atoms. The van der Waals surface area contributed by atoms with Gasteiger partial charge in [-0.05, 0) is 75.1 Å². The van der Waals surface area contributed by atoms with Crippen molar-refractivity contribution >= 4 is 54.6 Å². The molecule has 3 aromatic heterocycles. The second kappa shape index (κ2) is 12.1. The fraction of sp³-hybridized carbons (Fsp3) is 0. The Bertz CT molecular complexity index is 3200. The van der Waals surface area contributed by atoms with E-state index in [4.69, 9.17) is 28.8 Å². The van der Waals surface area contributed by atoms with Crippen LogP contribution in [0.4, 0.5) is 0 Å². The average Bonchev–Trinajstić information content (AvgIpc) is 3.83. The van der Waals surface area contributed by atoms with Gasteiger partial charge in [0.1, 0.15) is 16.7 Å². The van der Waals surface area contributed by atoms with E-state index in [0.717, 1.165) is 55.3 Å². The lowest BCUT2D eigenvalue weighted by Gasteiger charge is -2.12. The predicted molar refractivity (Wildman–Crippen MR) is 217 cm³/mol. The summed E-state index contributed by atoms with van der Waals surface area (Å²) in [5.74, 6) is 2.36. The van der Waals surface area contributed by atoms with Crippen LogP contribution in [-0.4, -0.2) is 19.9 Å². The van der Waals surface area contributed by atoms with Crippen LogP contribution in [0, 0.1) is 0 Å². The first-order valence-electron chi connectivity index (χ1n) is 17.9. The van der Waals surface area contributed by atoms with Crippen LogP contribution in [0.1, 0.15) is 0 Å². The molecule has 0 N–H and O–H groups in total. The fourth-order valence-electron chi connectivity index (χ4n) is 7.48. The van der Waals surface area contributed by atoms with Crippen LogP contribution in [0.15, 0.2) is 179 Å². The van der Waals surface area contributed by atoms with Crippen LogP contribution in [0.5, 0.6) is 0 Å². The molecule has 0 amide bonds. The third kappa shape index (κ3) is 5.04. The number of benzene rings is 8. The summed E-state index contributed by atoms with van der Waals surface area (Å²) in [5, 5.41) is 6.82. The summed E-state index contributed by atoms with van der Waals surface area (Å²) in [6, 6.07) is 58.0. The van der Waals surface area contributed by atoms with Gasteiger partial charge in [-0.3, -0.25) is 0 Å². The molecule has 0 aliphatic heterocycles. The zero-order chi connectivity index (χ0) is 35.6. The molecule has 0 fully saturated rings. The standard InChI is InChI=1S/C48H28N4O2/c1-3-11-30(12-4-1)45-50-46(31-21-19-29(20-22-31)38-25-33-15-7-8-16-35(33)36-17-9-10-18-37(36)38)52-47(51-45)34-23-24-42-39(26-34)40-27-44-41(28-43(40)53-42)49-48(54-44)32-13-5-2-6-14-32/h1-28H. The zero-order valence-electron chi connectivity index (χ0n) is 28.8. The zero-order valence-corrected chi connectivity index (χ0v) is 28.8. The number of fused-ring (bicyclic) bond motifs is 7. The molecule has 3 heterocycles. The lowest BCUT2D eigenvalue weighted by atomic mass is 9.93. The smallest absolute Gasteiger partial charge is 0.227 e. The van der Waals surface area contributed by atoms with E-state index in [9.17, 15) is 0 Å². The van der Waals surface area contributed by atoms with Gasteiger partial charge in [0.05, 0.1) is 0 Å². The van der Waals surface area contributed by atoms with Gasteiger partial charge in [-0.2, -0.15) is 0 Å². The SMILES string of the molecule is c1ccc(-c2nc(-c3ccc(-c4cc5ccccc5c5ccccc45)cc3)nc(-c3ccc4oc5cc6nc(-c7ccccc7)oc6cc5c4c3)n2)cc1. The molecular formula is C48H28N4O2. The first-order valence-corrected chi connectivity index (χ1v) is 17.9. The molecule has 0 unspecified atom stereocenters. The summed E-state index contributed by atoms with van der Waals surface area (Å²) < 4.78 is 12.5. The lowest BCUT2D eigenvalue weighted by Crippen LogP contribution is -2.00. The molecule has 11 rings (SSSR count). The number of hydrogen-bond acceptors (Lipinski definition) is 6. The molecule has 0 radical (unpaired) electrons. The van der Waals surface area contributed by atoms with Crippen molar-refractivity contribution in [3.63, 3.8) is 0 Å². The molecule has 8 aromatic carbocycles. The summed E-state index contributed by atoms with van der Waals surface area (Å²) in [6.07, 6.45) is 0. The molecule has 0 bridgehead atoms. The largest absolute Gasteiger partial charge is 0.456 e. The molecule has 0 aliphatic carbocycles. The minimum absolute atomic E-state index is 0.576. The normalized spacial score (nSPS) is 11.7. The highest BCUT2D eigenvalue weighted by Gasteiger charge is 2.17. The van der Waals surface area contributed by atoms with Gasteiger partial charge >= 0.3 is 0 Å². The van der Waals surface area contributed by atoms with Crippen LogP contribution >= 0.6 is 0 Å². The fourth-order valence-corrected chi connectivity index (χ4v) is 7.48. The monoisotopic (exact) mass is 692 g/mol. The molecule has 0 saturated heterocycles. The Kier molecular flexibility index (Phi) is 6.75. The van der Waals surface area contributed by atoms with E-state index < -0.39 is 0 Å². The summed E-state index contributed by atoms with van der Waals surface area (Å²) >= 11 is 0. The third-order valence-electron chi connectivity index (χ3n) is 10.1. The number of furan rings is 1. The molecular weight excluding hydrogens is 665 g/mol. The maximum Gasteiger partial charge on any atom is 0.227 e. The van der Waals surface area contributed by atoms with E-state index in [-0.39, 0.29) is 0 Å². The van der Waals surface area contributed by atoms with Crippen molar-refractivity contribution in [3.8, 4) is 56.7 Å². The molecule has 11 aromatic rings. The van der Waals surface area contributed by atoms with Gasteiger partial charge < -0.3 is 8.83 Å². The van der Waals surface area contributed by atoms with E-state index in [0.29, 0.717) is 28.9 Å². The van der Waals surface area contributed by atoms with E-state index in [1.807, 2.05) is 84.9 Å². The van der Waals surface area contributed by atoms with Gasteiger partial charge in [-0.15, -0.1) is 0 Å². The van der Waals surface area contributed by atoms with Crippen LogP contribution in [-0.2, 0) is 0 Å². The van der Waals surface area contributed by atoms with E-state index in [2.05, 4.69) is 84.9 Å². The number of aromatic nitrogens is 4. The van der Waals surface area contributed by atoms with Crippen molar-refractivity contribution in [1.29, 1.82) is 0 Å². The first-order chi connectivity index (χ1) is 26.7. The predicted octanol–water partition coefficient (Wildman–Crippen LogP) is 12.6. The second-order valence-electron chi connectivity index (χ2n) is 13.5. The Hall–Kier alpha value is -7.44. The average molecular weight is 693 g/mol. The summed E-state index contributed by atoms with van der Waals surface area (Å²) in [4.78, 5) is 19.8. The number of hydrogen-bond donors (Lipinski definition) is 0. The number of nitrogens with zero attached hydrogens (tertiary/aromatic N) is 4. The van der Waals surface area contributed by atoms with Gasteiger partial charge in [0, 0.05) is 39.1 Å². The molecule has 252 valence electrons. The third-order valence-corrected chi connectivity index (χ3v) is 10.1. The minimum Gasteiger partial charge on any atom is -0.456 e. The van der Waals surface area contributed by atoms with E-state index in [1.54, 1.807) is 0 Å². The number of oxazole rings is 1. The van der Waals surface area contributed by atoms with Crippen LogP contribution < -0.4 is 0 Å².